The average molecular weight is 475 g/mol. The Bertz CT molecular complexity index is 1050. The van der Waals surface area contributed by atoms with Gasteiger partial charge in [-0.3, -0.25) is 19.7 Å². The van der Waals surface area contributed by atoms with Crippen LogP contribution in [0.1, 0.15) is 29.8 Å². The molecule has 2 aromatic rings. The molecule has 0 spiro atoms. The summed E-state index contributed by atoms with van der Waals surface area (Å²) in [5.41, 5.74) is 2.47. The minimum atomic E-state index is -0.831. The number of nitrogens with one attached hydrogen (secondary N) is 2. The van der Waals surface area contributed by atoms with Crippen LogP contribution in [-0.4, -0.2) is 49.1 Å². The summed E-state index contributed by atoms with van der Waals surface area (Å²) < 4.78 is 5.39. The minimum Gasteiger partial charge on any atom is -0.378 e. The zero-order chi connectivity index (χ0) is 24.1. The fourth-order valence-electron chi connectivity index (χ4n) is 3.57. The fraction of sp³-hybridized carbons (Fsp3) is 0.391. The highest BCUT2D eigenvalue weighted by atomic mass is 35.5. The normalized spacial score (nSPS) is 14.6. The van der Waals surface area contributed by atoms with E-state index in [1.165, 1.54) is 12.1 Å². The molecule has 1 atom stereocenters. The van der Waals surface area contributed by atoms with Gasteiger partial charge in [0.15, 0.2) is 0 Å². The molecule has 1 heterocycles. The summed E-state index contributed by atoms with van der Waals surface area (Å²) in [6, 6.07) is 8.57. The Balaban J connectivity index is 1.71. The first-order chi connectivity index (χ1) is 15.7. The van der Waals surface area contributed by atoms with E-state index in [9.17, 15) is 19.7 Å². The Morgan fingerprint density at radius 3 is 2.42 bits per heavy atom. The number of anilines is 2. The number of hydrogen-bond acceptors (Lipinski definition) is 6. The van der Waals surface area contributed by atoms with Gasteiger partial charge >= 0.3 is 0 Å². The Labute approximate surface area is 197 Å². The Morgan fingerprint density at radius 1 is 1.15 bits per heavy atom. The lowest BCUT2D eigenvalue weighted by Crippen LogP contribution is -2.47. The maximum absolute atomic E-state index is 13.0. The number of carbonyl (C=O) groups is 2. The van der Waals surface area contributed by atoms with Gasteiger partial charge in [0.05, 0.1) is 28.7 Å². The molecule has 1 saturated heterocycles. The molecule has 1 aliphatic heterocycles. The van der Waals surface area contributed by atoms with Crippen molar-refractivity contribution in [1.82, 2.24) is 5.32 Å². The smallest absolute Gasteiger partial charge is 0.270 e. The highest BCUT2D eigenvalue weighted by Gasteiger charge is 2.26. The monoisotopic (exact) mass is 474 g/mol. The molecule has 2 amide bonds. The van der Waals surface area contributed by atoms with Crippen molar-refractivity contribution >= 4 is 40.5 Å². The number of benzene rings is 2. The first-order valence-corrected chi connectivity index (χ1v) is 11.0. The van der Waals surface area contributed by atoms with E-state index in [4.69, 9.17) is 16.3 Å². The SMILES string of the molecule is Cc1cc(N2CCOCC2)ccc1NC(=O)C(NC(=O)c1ccc([N+](=O)[O-])cc1Cl)C(C)C. The predicted molar refractivity (Wildman–Crippen MR) is 127 cm³/mol. The summed E-state index contributed by atoms with van der Waals surface area (Å²) in [7, 11) is 0. The Hall–Kier alpha value is -3.17. The van der Waals surface area contributed by atoms with Crippen LogP contribution in [0.15, 0.2) is 36.4 Å². The molecule has 176 valence electrons. The molecule has 0 radical (unpaired) electrons. The number of nitro groups is 1. The van der Waals surface area contributed by atoms with Crippen molar-refractivity contribution in [1.29, 1.82) is 0 Å². The van der Waals surface area contributed by atoms with E-state index in [1.54, 1.807) is 0 Å². The maximum Gasteiger partial charge on any atom is 0.270 e. The molecule has 9 nitrogen and oxygen atoms in total. The van der Waals surface area contributed by atoms with Crippen molar-refractivity contribution in [2.75, 3.05) is 36.5 Å². The first-order valence-electron chi connectivity index (χ1n) is 10.7. The number of hydrogen-bond donors (Lipinski definition) is 2. The van der Waals surface area contributed by atoms with Gasteiger partial charge < -0.3 is 20.3 Å². The zero-order valence-corrected chi connectivity index (χ0v) is 19.5. The molecular formula is C23H27ClN4O5. The van der Waals surface area contributed by atoms with Gasteiger partial charge in [-0.25, -0.2) is 0 Å². The first kappa shape index (κ1) is 24.5. The van der Waals surface area contributed by atoms with Gasteiger partial charge in [-0.15, -0.1) is 0 Å². The van der Waals surface area contributed by atoms with Crippen molar-refractivity contribution in [3.8, 4) is 0 Å². The number of halogens is 1. The lowest BCUT2D eigenvalue weighted by Gasteiger charge is -2.29. The molecule has 1 aliphatic rings. The van der Waals surface area contributed by atoms with Crippen LogP contribution in [0, 0.1) is 23.0 Å². The fourth-order valence-corrected chi connectivity index (χ4v) is 3.83. The maximum atomic E-state index is 13.0. The third-order valence-electron chi connectivity index (χ3n) is 5.49. The number of non-ortho nitro benzene ring substituents is 1. The molecule has 33 heavy (non-hydrogen) atoms. The van der Waals surface area contributed by atoms with Crippen molar-refractivity contribution in [2.24, 2.45) is 5.92 Å². The van der Waals surface area contributed by atoms with Crippen LogP contribution in [0.5, 0.6) is 0 Å². The third kappa shape index (κ3) is 6.00. The van der Waals surface area contributed by atoms with Gasteiger partial charge in [0.1, 0.15) is 6.04 Å². The van der Waals surface area contributed by atoms with Crippen molar-refractivity contribution in [3.05, 3.63) is 62.7 Å². The summed E-state index contributed by atoms with van der Waals surface area (Å²) in [6.45, 7) is 8.56. The largest absolute Gasteiger partial charge is 0.378 e. The molecule has 3 rings (SSSR count). The van der Waals surface area contributed by atoms with E-state index >= 15 is 0 Å². The number of nitro benzene ring substituents is 1. The van der Waals surface area contributed by atoms with Crippen LogP contribution in [0.2, 0.25) is 5.02 Å². The summed E-state index contributed by atoms with van der Waals surface area (Å²) in [5.74, 6) is -1.15. The van der Waals surface area contributed by atoms with Gasteiger partial charge in [0, 0.05) is 36.6 Å². The van der Waals surface area contributed by atoms with Crippen molar-refractivity contribution in [2.45, 2.75) is 26.8 Å². The van der Waals surface area contributed by atoms with Gasteiger partial charge in [-0.2, -0.15) is 0 Å². The van der Waals surface area contributed by atoms with Crippen molar-refractivity contribution < 1.29 is 19.2 Å². The zero-order valence-electron chi connectivity index (χ0n) is 18.8. The van der Waals surface area contributed by atoms with Crippen molar-refractivity contribution in [3.63, 3.8) is 0 Å². The lowest BCUT2D eigenvalue weighted by atomic mass is 10.0. The lowest BCUT2D eigenvalue weighted by molar-refractivity contribution is -0.384. The molecule has 1 fully saturated rings. The number of morpholine rings is 1. The number of aryl methyl sites for hydroxylation is 1. The van der Waals surface area contributed by atoms with E-state index in [0.29, 0.717) is 18.9 Å². The van der Waals surface area contributed by atoms with Gasteiger partial charge in [-0.1, -0.05) is 25.4 Å². The second kappa shape index (κ2) is 10.6. The molecule has 2 aromatic carbocycles. The number of carbonyl (C=O) groups excluding carboxylic acids is 2. The number of nitrogens with zero attached hydrogens (tertiary/aromatic N) is 2. The van der Waals surface area contributed by atoms with E-state index in [0.717, 1.165) is 30.4 Å². The molecule has 1 unspecified atom stereocenters. The highest BCUT2D eigenvalue weighted by molar-refractivity contribution is 6.34. The van der Waals surface area contributed by atoms with Crippen LogP contribution < -0.4 is 15.5 Å². The molecule has 0 aliphatic carbocycles. The van der Waals surface area contributed by atoms with Crippen LogP contribution in [0.25, 0.3) is 0 Å². The van der Waals surface area contributed by atoms with Crippen LogP contribution in [0.3, 0.4) is 0 Å². The summed E-state index contributed by atoms with van der Waals surface area (Å²) in [5, 5.41) is 16.4. The highest BCUT2D eigenvalue weighted by Crippen LogP contribution is 2.25. The molecule has 0 aromatic heterocycles. The number of rotatable bonds is 7. The number of ether oxygens (including phenoxy) is 1. The number of amides is 2. The second-order valence-electron chi connectivity index (χ2n) is 8.20. The summed E-state index contributed by atoms with van der Waals surface area (Å²) >= 11 is 6.06. The van der Waals surface area contributed by atoms with E-state index in [2.05, 4.69) is 15.5 Å². The third-order valence-corrected chi connectivity index (χ3v) is 5.80. The Morgan fingerprint density at radius 2 is 1.85 bits per heavy atom. The quantitative estimate of drug-likeness (QED) is 0.466. The summed E-state index contributed by atoms with van der Waals surface area (Å²) in [6.07, 6.45) is 0. The summed E-state index contributed by atoms with van der Waals surface area (Å²) in [4.78, 5) is 38.3. The van der Waals surface area contributed by atoms with Crippen LogP contribution in [-0.2, 0) is 9.53 Å². The molecule has 10 heteroatoms. The average Bonchev–Trinajstić information content (AvgIpc) is 2.78. The molecule has 0 saturated carbocycles. The topological polar surface area (TPSA) is 114 Å². The van der Waals surface area contributed by atoms with Crippen LogP contribution >= 0.6 is 11.6 Å². The van der Waals surface area contributed by atoms with Gasteiger partial charge in [0.25, 0.3) is 11.6 Å². The van der Waals surface area contributed by atoms with Gasteiger partial charge in [0.2, 0.25) is 5.91 Å². The van der Waals surface area contributed by atoms with E-state index < -0.39 is 16.9 Å². The molecule has 0 bridgehead atoms. The minimum absolute atomic E-state index is 0.0563. The second-order valence-corrected chi connectivity index (χ2v) is 8.61. The van der Waals surface area contributed by atoms with Crippen LogP contribution in [0.4, 0.5) is 17.1 Å². The molecular weight excluding hydrogens is 448 g/mol. The molecule has 2 N–H and O–H groups in total. The van der Waals surface area contributed by atoms with E-state index in [1.807, 2.05) is 39.0 Å². The Kier molecular flexibility index (Phi) is 7.88. The van der Waals surface area contributed by atoms with Gasteiger partial charge in [-0.05, 0) is 42.7 Å². The van der Waals surface area contributed by atoms with E-state index in [-0.39, 0.29) is 28.1 Å². The predicted octanol–water partition coefficient (Wildman–Crippen LogP) is 3.79. The standard InChI is InChI=1S/C23H27ClN4O5/c1-14(2)21(26-22(29)18-6-4-17(28(31)32)13-19(18)24)23(30)25-20-7-5-16(12-15(20)3)27-8-10-33-11-9-27/h4-7,12-14,21H,8-11H2,1-3H3,(H,25,30)(H,26,29).